The maximum absolute atomic E-state index is 12.3. The zero-order valence-electron chi connectivity index (χ0n) is 10.8. The number of rotatable bonds is 5. The van der Waals surface area contributed by atoms with Gasteiger partial charge in [0.15, 0.2) is 5.76 Å². The second-order valence-corrected chi connectivity index (χ2v) is 5.15. The van der Waals surface area contributed by atoms with Gasteiger partial charge in [-0.25, -0.2) is 4.79 Å². The van der Waals surface area contributed by atoms with Gasteiger partial charge in [-0.1, -0.05) is 30.3 Å². The van der Waals surface area contributed by atoms with Crippen molar-refractivity contribution < 1.29 is 35.3 Å². The second-order valence-electron chi connectivity index (χ2n) is 3.61. The Morgan fingerprint density at radius 3 is 2.29 bits per heavy atom. The molecule has 0 aromatic heterocycles. The van der Waals surface area contributed by atoms with Crippen LogP contribution in [0.15, 0.2) is 36.4 Å². The summed E-state index contributed by atoms with van der Waals surface area (Å²) >= 11 is 0. The Labute approximate surface area is 119 Å². The van der Waals surface area contributed by atoms with Gasteiger partial charge in [-0.3, -0.25) is 0 Å². The highest BCUT2D eigenvalue weighted by molar-refractivity contribution is 7.87. The third-order valence-electron chi connectivity index (χ3n) is 2.08. The van der Waals surface area contributed by atoms with E-state index in [1.807, 2.05) is 0 Å². The molecule has 0 aliphatic carbocycles. The molecule has 0 saturated carbocycles. The van der Waals surface area contributed by atoms with E-state index in [2.05, 4.69) is 8.92 Å². The molecule has 0 N–H and O–H groups in total. The van der Waals surface area contributed by atoms with E-state index in [0.29, 0.717) is 6.08 Å². The van der Waals surface area contributed by atoms with Crippen molar-refractivity contribution >= 4 is 21.8 Å². The van der Waals surface area contributed by atoms with Crippen LogP contribution in [-0.4, -0.2) is 26.5 Å². The van der Waals surface area contributed by atoms with Crippen molar-refractivity contribution in [3.8, 4) is 0 Å². The summed E-state index contributed by atoms with van der Waals surface area (Å²) in [6, 6.07) is 7.02. The number of benzene rings is 1. The minimum atomic E-state index is -5.88. The number of hydrogen-bond donors (Lipinski definition) is 0. The fourth-order valence-corrected chi connectivity index (χ4v) is 1.69. The summed E-state index contributed by atoms with van der Waals surface area (Å²) in [5, 5.41) is 0. The average Bonchev–Trinajstić information content (AvgIpc) is 2.37. The quantitative estimate of drug-likeness (QED) is 0.274. The Bertz CT molecular complexity index is 620. The van der Waals surface area contributed by atoms with Crippen molar-refractivity contribution in [2.75, 3.05) is 6.61 Å². The minimum Gasteiger partial charge on any atom is -0.463 e. The van der Waals surface area contributed by atoms with Crippen molar-refractivity contribution in [3.63, 3.8) is 0 Å². The molecule has 0 unspecified atom stereocenters. The van der Waals surface area contributed by atoms with Crippen LogP contribution in [0.4, 0.5) is 13.2 Å². The molecule has 1 rings (SSSR count). The summed E-state index contributed by atoms with van der Waals surface area (Å²) in [6.07, 6.45) is 0.544. The molecule has 0 radical (unpaired) electrons. The number of alkyl halides is 3. The summed E-state index contributed by atoms with van der Waals surface area (Å²) in [6.45, 7) is 1.46. The maximum Gasteiger partial charge on any atom is 0.534 e. The molecule has 0 amide bonds. The first kappa shape index (κ1) is 17.0. The first-order valence-corrected chi connectivity index (χ1v) is 7.03. The lowest BCUT2D eigenvalue weighted by molar-refractivity contribution is -0.137. The summed E-state index contributed by atoms with van der Waals surface area (Å²) in [5.74, 6) is -1.79. The van der Waals surface area contributed by atoms with Crippen LogP contribution >= 0.6 is 0 Å². The summed E-state index contributed by atoms with van der Waals surface area (Å²) < 4.78 is 67.6. The Morgan fingerprint density at radius 2 is 1.81 bits per heavy atom. The predicted octanol–water partition coefficient (Wildman–Crippen LogP) is 2.46. The van der Waals surface area contributed by atoms with E-state index >= 15 is 0 Å². The van der Waals surface area contributed by atoms with E-state index < -0.39 is 27.4 Å². The molecule has 0 aliphatic heterocycles. The van der Waals surface area contributed by atoms with Crippen molar-refractivity contribution in [2.24, 2.45) is 0 Å². The molecule has 116 valence electrons. The molecular weight excluding hydrogens is 313 g/mol. The van der Waals surface area contributed by atoms with Gasteiger partial charge in [0.1, 0.15) is 0 Å². The van der Waals surface area contributed by atoms with Gasteiger partial charge in [-0.2, -0.15) is 21.6 Å². The standard InChI is InChI=1S/C12H11F3O5S/c1-2-19-11(16)8-10(9-6-4-3-5-7-9)20-21(17,18)12(13,14)15/h3-8H,2H2,1H3/b10-8-. The van der Waals surface area contributed by atoms with Gasteiger partial charge in [-0.05, 0) is 6.92 Å². The molecule has 0 aliphatic rings. The molecule has 0 heterocycles. The summed E-state index contributed by atoms with van der Waals surface area (Å²) in [5.41, 5.74) is -5.62. The Kier molecular flexibility index (Phi) is 5.36. The molecule has 1 aromatic rings. The zero-order valence-corrected chi connectivity index (χ0v) is 11.6. The number of carbonyl (C=O) groups excluding carboxylic acids is 1. The lowest BCUT2D eigenvalue weighted by atomic mass is 10.2. The number of halogens is 3. The smallest absolute Gasteiger partial charge is 0.463 e. The van der Waals surface area contributed by atoms with E-state index in [4.69, 9.17) is 0 Å². The third kappa shape index (κ3) is 4.78. The van der Waals surface area contributed by atoms with Crippen molar-refractivity contribution in [2.45, 2.75) is 12.4 Å². The van der Waals surface area contributed by atoms with Crippen molar-refractivity contribution in [3.05, 3.63) is 42.0 Å². The minimum absolute atomic E-state index is 0.0154. The summed E-state index contributed by atoms with van der Waals surface area (Å²) in [4.78, 5) is 11.3. The molecule has 0 saturated heterocycles. The number of carbonyl (C=O) groups is 1. The Balaban J connectivity index is 3.19. The molecule has 1 aromatic carbocycles. The molecule has 9 heteroatoms. The number of esters is 1. The van der Waals surface area contributed by atoms with Crippen LogP contribution in [0.1, 0.15) is 12.5 Å². The first-order chi connectivity index (χ1) is 9.67. The zero-order chi connectivity index (χ0) is 16.1. The van der Waals surface area contributed by atoms with E-state index in [0.717, 1.165) is 0 Å². The van der Waals surface area contributed by atoms with Crippen LogP contribution < -0.4 is 0 Å². The Morgan fingerprint density at radius 1 is 1.24 bits per heavy atom. The van der Waals surface area contributed by atoms with E-state index in [-0.39, 0.29) is 12.2 Å². The van der Waals surface area contributed by atoms with Crippen LogP contribution in [0.5, 0.6) is 0 Å². The molecule has 21 heavy (non-hydrogen) atoms. The van der Waals surface area contributed by atoms with Crippen molar-refractivity contribution in [1.82, 2.24) is 0 Å². The van der Waals surface area contributed by atoms with Gasteiger partial charge in [0.25, 0.3) is 0 Å². The molecule has 0 bridgehead atoms. The van der Waals surface area contributed by atoms with Gasteiger partial charge in [0.05, 0.1) is 12.7 Å². The fraction of sp³-hybridized carbons (Fsp3) is 0.250. The van der Waals surface area contributed by atoms with Crippen LogP contribution in [0.25, 0.3) is 5.76 Å². The monoisotopic (exact) mass is 324 g/mol. The summed E-state index contributed by atoms with van der Waals surface area (Å²) in [7, 11) is -5.88. The number of ether oxygens (including phenoxy) is 1. The molecule has 0 atom stereocenters. The third-order valence-corrected chi connectivity index (χ3v) is 3.04. The molecule has 5 nitrogen and oxygen atoms in total. The largest absolute Gasteiger partial charge is 0.534 e. The highest BCUT2D eigenvalue weighted by Gasteiger charge is 2.49. The molecule has 0 spiro atoms. The maximum atomic E-state index is 12.3. The van der Waals surface area contributed by atoms with E-state index in [1.54, 1.807) is 6.07 Å². The van der Waals surface area contributed by atoms with Gasteiger partial charge in [0.2, 0.25) is 0 Å². The van der Waals surface area contributed by atoms with Crippen LogP contribution in [-0.2, 0) is 23.8 Å². The SMILES string of the molecule is CCOC(=O)/C=C(\OS(=O)(=O)C(F)(F)F)c1ccccc1. The van der Waals surface area contributed by atoms with Gasteiger partial charge >= 0.3 is 21.6 Å². The van der Waals surface area contributed by atoms with Crippen LogP contribution in [0.2, 0.25) is 0 Å². The normalized spacial score (nSPS) is 12.9. The lowest BCUT2D eigenvalue weighted by Crippen LogP contribution is -2.25. The van der Waals surface area contributed by atoms with Gasteiger partial charge < -0.3 is 8.92 Å². The van der Waals surface area contributed by atoms with Crippen molar-refractivity contribution in [1.29, 1.82) is 0 Å². The fourth-order valence-electron chi connectivity index (χ4n) is 1.21. The predicted molar refractivity (Wildman–Crippen MR) is 67.1 cm³/mol. The van der Waals surface area contributed by atoms with Crippen LogP contribution in [0, 0.1) is 0 Å². The van der Waals surface area contributed by atoms with Gasteiger partial charge in [-0.15, -0.1) is 0 Å². The Hall–Kier alpha value is -2.03. The number of hydrogen-bond acceptors (Lipinski definition) is 5. The van der Waals surface area contributed by atoms with E-state index in [1.165, 1.54) is 31.2 Å². The average molecular weight is 324 g/mol. The van der Waals surface area contributed by atoms with E-state index in [9.17, 15) is 26.4 Å². The highest BCUT2D eigenvalue weighted by atomic mass is 32.2. The molecular formula is C12H11F3O5S. The highest BCUT2D eigenvalue weighted by Crippen LogP contribution is 2.29. The lowest BCUT2D eigenvalue weighted by Gasteiger charge is -2.12. The first-order valence-electron chi connectivity index (χ1n) is 5.62. The topological polar surface area (TPSA) is 69.7 Å². The second kappa shape index (κ2) is 6.61. The van der Waals surface area contributed by atoms with Crippen LogP contribution in [0.3, 0.4) is 0 Å². The van der Waals surface area contributed by atoms with Gasteiger partial charge in [0, 0.05) is 5.56 Å². The molecule has 0 fully saturated rings.